The van der Waals surface area contributed by atoms with Gasteiger partial charge in [0, 0.05) is 25.3 Å². The number of aromatic nitrogens is 2. The maximum atomic E-state index is 11.7. The van der Waals surface area contributed by atoms with E-state index in [9.17, 15) is 9.90 Å². The maximum Gasteiger partial charge on any atom is 0.220 e. The molecule has 0 spiro atoms. The van der Waals surface area contributed by atoms with Crippen molar-refractivity contribution in [3.8, 4) is 0 Å². The highest BCUT2D eigenvalue weighted by atomic mass is 32.1. The highest BCUT2D eigenvalue weighted by Gasteiger charge is 2.13. The number of hydrogen-bond acceptors (Lipinski definition) is 6. The summed E-state index contributed by atoms with van der Waals surface area (Å²) >= 11 is 1.51. The predicted octanol–water partition coefficient (Wildman–Crippen LogP) is 2.04. The van der Waals surface area contributed by atoms with Gasteiger partial charge in [-0.2, -0.15) is 11.3 Å². The molecule has 1 atom stereocenters. The van der Waals surface area contributed by atoms with E-state index in [0.717, 1.165) is 5.56 Å². The van der Waals surface area contributed by atoms with Gasteiger partial charge >= 0.3 is 0 Å². The number of nitrogens with one attached hydrogen (secondary N) is 1. The number of nitrogens with zero attached hydrogens (tertiary/aromatic N) is 2. The summed E-state index contributed by atoms with van der Waals surface area (Å²) in [5.74, 6) is 1.08. The van der Waals surface area contributed by atoms with Crippen LogP contribution in [0.15, 0.2) is 21.2 Å². The Hall–Kier alpha value is -1.73. The molecule has 1 unspecified atom stereocenters. The fourth-order valence-corrected chi connectivity index (χ4v) is 2.41. The first-order valence-corrected chi connectivity index (χ1v) is 7.79. The van der Waals surface area contributed by atoms with Crippen LogP contribution in [0, 0.1) is 0 Å². The van der Waals surface area contributed by atoms with Crippen molar-refractivity contribution in [1.29, 1.82) is 0 Å². The van der Waals surface area contributed by atoms with E-state index in [-0.39, 0.29) is 24.8 Å². The Labute approximate surface area is 127 Å². The molecule has 1 amide bonds. The van der Waals surface area contributed by atoms with E-state index in [1.54, 1.807) is 0 Å². The van der Waals surface area contributed by atoms with Gasteiger partial charge in [-0.1, -0.05) is 13.8 Å². The maximum absolute atomic E-state index is 11.7. The van der Waals surface area contributed by atoms with Crippen LogP contribution in [0.2, 0.25) is 0 Å². The number of hydrogen-bond donors (Lipinski definition) is 2. The van der Waals surface area contributed by atoms with Gasteiger partial charge in [-0.15, -0.1) is 10.2 Å². The number of aliphatic hydroxyl groups is 1. The van der Waals surface area contributed by atoms with Crippen molar-refractivity contribution in [2.24, 2.45) is 0 Å². The molecule has 0 aromatic carbocycles. The number of carbonyl (C=O) groups is 1. The second-order valence-corrected chi connectivity index (χ2v) is 5.85. The van der Waals surface area contributed by atoms with E-state index in [1.165, 1.54) is 11.3 Å². The average Bonchev–Trinajstić information content (AvgIpc) is 3.13. The Morgan fingerprint density at radius 2 is 2.29 bits per heavy atom. The standard InChI is InChI=1S/C14H19N3O3S/c1-9(2)14-17-16-13(20-14)4-3-12(19)15-7-11(18)10-5-6-21-8-10/h5-6,8-9,11,18H,3-4,7H2,1-2H3,(H,15,19). The Balaban J connectivity index is 1.72. The summed E-state index contributed by atoms with van der Waals surface area (Å²) in [5.41, 5.74) is 0.818. The highest BCUT2D eigenvalue weighted by Crippen LogP contribution is 2.15. The number of amides is 1. The summed E-state index contributed by atoms with van der Waals surface area (Å²) in [4.78, 5) is 11.7. The fourth-order valence-electron chi connectivity index (χ4n) is 1.70. The number of rotatable bonds is 7. The lowest BCUT2D eigenvalue weighted by atomic mass is 10.2. The lowest BCUT2D eigenvalue weighted by Crippen LogP contribution is -2.28. The third kappa shape index (κ3) is 4.64. The van der Waals surface area contributed by atoms with Crippen LogP contribution >= 0.6 is 11.3 Å². The molecule has 0 fully saturated rings. The summed E-state index contributed by atoms with van der Waals surface area (Å²) in [6.45, 7) is 4.14. The zero-order valence-electron chi connectivity index (χ0n) is 12.1. The lowest BCUT2D eigenvalue weighted by Gasteiger charge is -2.10. The SMILES string of the molecule is CC(C)c1nnc(CCC(=O)NCC(O)c2ccsc2)o1. The Kier molecular flexibility index (Phi) is 5.46. The monoisotopic (exact) mass is 309 g/mol. The lowest BCUT2D eigenvalue weighted by molar-refractivity contribution is -0.121. The topological polar surface area (TPSA) is 88.2 Å². The molecule has 2 aromatic rings. The van der Waals surface area contributed by atoms with Crippen LogP contribution in [0.4, 0.5) is 0 Å². The Morgan fingerprint density at radius 3 is 2.90 bits per heavy atom. The van der Waals surface area contributed by atoms with E-state index in [4.69, 9.17) is 4.42 Å². The van der Waals surface area contributed by atoms with E-state index < -0.39 is 6.10 Å². The molecule has 2 aromatic heterocycles. The minimum Gasteiger partial charge on any atom is -0.425 e. The van der Waals surface area contributed by atoms with Crippen molar-refractivity contribution in [3.63, 3.8) is 0 Å². The van der Waals surface area contributed by atoms with Gasteiger partial charge in [0.1, 0.15) is 0 Å². The zero-order valence-corrected chi connectivity index (χ0v) is 12.9. The van der Waals surface area contributed by atoms with Crippen molar-refractivity contribution in [1.82, 2.24) is 15.5 Å². The quantitative estimate of drug-likeness (QED) is 0.817. The summed E-state index contributed by atoms with van der Waals surface area (Å²) in [6, 6.07) is 1.84. The second-order valence-electron chi connectivity index (χ2n) is 5.07. The van der Waals surface area contributed by atoms with Crippen LogP contribution in [-0.2, 0) is 11.2 Å². The molecule has 0 bridgehead atoms. The molecule has 0 aliphatic rings. The molecule has 0 radical (unpaired) electrons. The van der Waals surface area contributed by atoms with Crippen molar-refractivity contribution in [2.45, 2.75) is 38.7 Å². The normalized spacial score (nSPS) is 12.6. The fraction of sp³-hybridized carbons (Fsp3) is 0.500. The Bertz CT molecular complexity index is 566. The zero-order chi connectivity index (χ0) is 15.2. The second kappa shape index (κ2) is 7.33. The highest BCUT2D eigenvalue weighted by molar-refractivity contribution is 7.07. The molecule has 0 saturated carbocycles. The predicted molar refractivity (Wildman–Crippen MR) is 79.0 cm³/mol. The number of aryl methyl sites for hydroxylation is 1. The van der Waals surface area contributed by atoms with Gasteiger partial charge in [-0.05, 0) is 22.4 Å². The third-order valence-corrected chi connectivity index (χ3v) is 3.66. The van der Waals surface area contributed by atoms with Gasteiger partial charge < -0.3 is 14.8 Å². The smallest absolute Gasteiger partial charge is 0.220 e. The first-order chi connectivity index (χ1) is 10.1. The molecule has 21 heavy (non-hydrogen) atoms. The van der Waals surface area contributed by atoms with Gasteiger partial charge in [0.15, 0.2) is 0 Å². The molecule has 0 aliphatic carbocycles. The number of thiophene rings is 1. The van der Waals surface area contributed by atoms with Crippen LogP contribution in [0.5, 0.6) is 0 Å². The molecule has 114 valence electrons. The van der Waals surface area contributed by atoms with Crippen molar-refractivity contribution in [3.05, 3.63) is 34.2 Å². The van der Waals surface area contributed by atoms with E-state index in [2.05, 4.69) is 15.5 Å². The molecular weight excluding hydrogens is 290 g/mol. The number of aliphatic hydroxyl groups excluding tert-OH is 1. The minimum absolute atomic E-state index is 0.145. The van der Waals surface area contributed by atoms with E-state index in [0.29, 0.717) is 18.2 Å². The van der Waals surface area contributed by atoms with E-state index in [1.807, 2.05) is 30.7 Å². The first kappa shape index (κ1) is 15.7. The summed E-state index contributed by atoms with van der Waals surface area (Å²) in [6.07, 6.45) is -0.00735. The third-order valence-electron chi connectivity index (χ3n) is 2.96. The molecule has 6 nitrogen and oxygen atoms in total. The summed E-state index contributed by atoms with van der Waals surface area (Å²) < 4.78 is 5.43. The molecule has 2 N–H and O–H groups in total. The minimum atomic E-state index is -0.670. The molecule has 2 rings (SSSR count). The van der Waals surface area contributed by atoms with Crippen LogP contribution in [0.25, 0.3) is 0 Å². The van der Waals surface area contributed by atoms with Gasteiger partial charge in [-0.25, -0.2) is 0 Å². The van der Waals surface area contributed by atoms with E-state index >= 15 is 0 Å². The summed E-state index contributed by atoms with van der Waals surface area (Å²) in [7, 11) is 0. The molecule has 7 heteroatoms. The van der Waals surface area contributed by atoms with Crippen molar-refractivity contribution >= 4 is 17.2 Å². The molecule has 0 aliphatic heterocycles. The molecule has 2 heterocycles. The Morgan fingerprint density at radius 1 is 1.48 bits per heavy atom. The van der Waals surface area contributed by atoms with Gasteiger partial charge in [0.05, 0.1) is 6.10 Å². The van der Waals surface area contributed by atoms with Crippen LogP contribution in [0.3, 0.4) is 0 Å². The molecular formula is C14H19N3O3S. The van der Waals surface area contributed by atoms with Crippen molar-refractivity contribution < 1.29 is 14.3 Å². The average molecular weight is 309 g/mol. The van der Waals surface area contributed by atoms with Crippen molar-refractivity contribution in [2.75, 3.05) is 6.54 Å². The molecule has 0 saturated heterocycles. The van der Waals surface area contributed by atoms with Crippen LogP contribution < -0.4 is 5.32 Å². The van der Waals surface area contributed by atoms with Crippen LogP contribution in [0.1, 0.15) is 49.6 Å². The van der Waals surface area contributed by atoms with Gasteiger partial charge in [-0.3, -0.25) is 4.79 Å². The van der Waals surface area contributed by atoms with Crippen LogP contribution in [-0.4, -0.2) is 27.8 Å². The first-order valence-electron chi connectivity index (χ1n) is 6.85. The van der Waals surface area contributed by atoms with Gasteiger partial charge in [0.2, 0.25) is 17.7 Å². The summed E-state index contributed by atoms with van der Waals surface area (Å²) in [5, 5.41) is 24.1. The largest absolute Gasteiger partial charge is 0.425 e. The number of carbonyl (C=O) groups excluding carboxylic acids is 1. The van der Waals surface area contributed by atoms with Gasteiger partial charge in [0.25, 0.3) is 0 Å².